The highest BCUT2D eigenvalue weighted by Gasteiger charge is 2.17. The van der Waals surface area contributed by atoms with Gasteiger partial charge in [0.25, 0.3) is 0 Å². The summed E-state index contributed by atoms with van der Waals surface area (Å²) in [5.41, 5.74) is 14.2. The van der Waals surface area contributed by atoms with Gasteiger partial charge in [0.1, 0.15) is 11.6 Å². The van der Waals surface area contributed by atoms with E-state index in [0.717, 1.165) is 76.6 Å². The molecule has 1 aliphatic rings. The molecular weight excluding hydrogens is 519 g/mol. The molecule has 0 amide bonds. The number of hydrogen-bond donors (Lipinski definition) is 3. The number of rotatable bonds is 13. The van der Waals surface area contributed by atoms with Gasteiger partial charge in [-0.15, -0.1) is 12.8 Å². The van der Waals surface area contributed by atoms with Crippen LogP contribution in [-0.2, 0) is 6.42 Å². The number of nitrogens with one attached hydrogen (secondary N) is 2. The van der Waals surface area contributed by atoms with Crippen LogP contribution in [0.5, 0.6) is 0 Å². The third kappa shape index (κ3) is 9.82. The number of aromatic amines is 1. The SMILES string of the molecule is C#C.C=C/C=C(/C1=CCC=C1)c1nc(Cc2cc(C(/C=C(\C=C)NC(=C)CCCC)=C/C)cc(F)c2N)[nH]c1C.CC. The van der Waals surface area contributed by atoms with Crippen molar-refractivity contribution in [3.63, 3.8) is 0 Å². The average Bonchev–Trinajstić information content (AvgIpc) is 3.67. The molecule has 0 spiro atoms. The molecule has 0 fully saturated rings. The molecule has 0 unspecified atom stereocenters. The number of terminal acetylenes is 1. The fraction of sp³-hybridized carbons (Fsp3) is 0.270. The number of halogens is 1. The summed E-state index contributed by atoms with van der Waals surface area (Å²) in [6.07, 6.45) is 28.1. The number of nitrogens with two attached hydrogens (primary N) is 1. The first-order valence-corrected chi connectivity index (χ1v) is 14.4. The van der Waals surface area contributed by atoms with Crippen molar-refractivity contribution in [2.24, 2.45) is 0 Å². The van der Waals surface area contributed by atoms with Crippen molar-refractivity contribution in [1.82, 2.24) is 15.3 Å². The summed E-state index contributed by atoms with van der Waals surface area (Å²) >= 11 is 0. The van der Waals surface area contributed by atoms with Gasteiger partial charge in [-0.1, -0.05) is 83.4 Å². The molecule has 0 atom stereocenters. The maximum Gasteiger partial charge on any atom is 0.146 e. The predicted molar refractivity (Wildman–Crippen MR) is 182 cm³/mol. The topological polar surface area (TPSA) is 66.7 Å². The first kappa shape index (κ1) is 35.5. The van der Waals surface area contributed by atoms with Gasteiger partial charge in [0, 0.05) is 29.1 Å². The van der Waals surface area contributed by atoms with Gasteiger partial charge in [-0.2, -0.15) is 0 Å². The smallest absolute Gasteiger partial charge is 0.146 e. The van der Waals surface area contributed by atoms with Crippen molar-refractivity contribution < 1.29 is 4.39 Å². The van der Waals surface area contributed by atoms with E-state index in [1.807, 2.05) is 52.0 Å². The number of aryl methyl sites for hydroxylation is 1. The molecule has 1 aromatic carbocycles. The Morgan fingerprint density at radius 2 is 1.95 bits per heavy atom. The fourth-order valence-electron chi connectivity index (χ4n) is 4.43. The molecule has 1 heterocycles. The molecule has 42 heavy (non-hydrogen) atoms. The number of H-pyrrole nitrogens is 1. The molecule has 0 bridgehead atoms. The van der Waals surface area contributed by atoms with Gasteiger partial charge in [0.15, 0.2) is 0 Å². The van der Waals surface area contributed by atoms with E-state index in [1.165, 1.54) is 6.07 Å². The molecule has 0 saturated carbocycles. The van der Waals surface area contributed by atoms with Crippen LogP contribution >= 0.6 is 0 Å². The van der Waals surface area contributed by atoms with Crippen molar-refractivity contribution in [2.45, 2.75) is 66.7 Å². The molecule has 222 valence electrons. The van der Waals surface area contributed by atoms with E-state index in [4.69, 9.17) is 10.7 Å². The van der Waals surface area contributed by atoms with Crippen molar-refractivity contribution >= 4 is 16.8 Å². The number of anilines is 1. The number of imidazole rings is 1. The van der Waals surface area contributed by atoms with E-state index < -0.39 is 5.82 Å². The molecule has 0 radical (unpaired) electrons. The lowest BCUT2D eigenvalue weighted by atomic mass is 9.98. The average molecular weight is 567 g/mol. The van der Waals surface area contributed by atoms with Crippen LogP contribution in [0.4, 0.5) is 10.1 Å². The van der Waals surface area contributed by atoms with Gasteiger partial charge >= 0.3 is 0 Å². The third-order valence-electron chi connectivity index (χ3n) is 6.46. The lowest BCUT2D eigenvalue weighted by Crippen LogP contribution is -2.10. The molecule has 4 nitrogen and oxygen atoms in total. The number of allylic oxidation sites excluding steroid dienone is 12. The lowest BCUT2D eigenvalue weighted by molar-refractivity contribution is 0.630. The quantitative estimate of drug-likeness (QED) is 0.128. The maximum atomic E-state index is 15.0. The Morgan fingerprint density at radius 3 is 2.52 bits per heavy atom. The van der Waals surface area contributed by atoms with Gasteiger partial charge in [-0.3, -0.25) is 0 Å². The summed E-state index contributed by atoms with van der Waals surface area (Å²) in [7, 11) is 0. The van der Waals surface area contributed by atoms with E-state index in [0.29, 0.717) is 12.0 Å². The molecule has 0 aliphatic heterocycles. The first-order chi connectivity index (χ1) is 20.3. The Hall–Kier alpha value is -4.56. The van der Waals surface area contributed by atoms with Crippen LogP contribution in [0.25, 0.3) is 11.1 Å². The van der Waals surface area contributed by atoms with E-state index in [9.17, 15) is 0 Å². The Balaban J connectivity index is 0.00000211. The second kappa shape index (κ2) is 18.7. The van der Waals surface area contributed by atoms with Crippen LogP contribution in [0, 0.1) is 25.6 Å². The Morgan fingerprint density at radius 1 is 1.24 bits per heavy atom. The fourth-order valence-corrected chi connectivity index (χ4v) is 4.43. The number of nitrogen functional groups attached to an aromatic ring is 1. The number of aromatic nitrogens is 2. The lowest BCUT2D eigenvalue weighted by Gasteiger charge is -2.13. The van der Waals surface area contributed by atoms with Crippen LogP contribution in [0.15, 0.2) is 97.4 Å². The van der Waals surface area contributed by atoms with Crippen LogP contribution in [0.3, 0.4) is 0 Å². The standard InChI is InChI=1S/C33H39FN4.C2H6.C2H2/c1-7-11-15-22(5)36-28(10-4)19-24(9-3)26-18-27(32(35)30(34)20-26)21-31-37-23(6)33(38-31)29(14-8-2)25-16-12-13-17-25;2*1-2/h8-10,12,14,16-20,36H,2,4-5,7,11,13,15,21,35H2,1,3,6H3,(H,37,38);1-2H3;1-2H/b24-9+,28-19+,29-14-;;. The summed E-state index contributed by atoms with van der Waals surface area (Å²) in [5, 5.41) is 3.32. The molecule has 5 heteroatoms. The highest BCUT2D eigenvalue weighted by atomic mass is 19.1. The van der Waals surface area contributed by atoms with Crippen molar-refractivity contribution in [3.8, 4) is 12.8 Å². The summed E-state index contributed by atoms with van der Waals surface area (Å²) in [5.74, 6) is 0.263. The van der Waals surface area contributed by atoms with Crippen molar-refractivity contribution in [1.29, 1.82) is 0 Å². The van der Waals surface area contributed by atoms with Gasteiger partial charge in [-0.25, -0.2) is 9.37 Å². The molecule has 1 aromatic heterocycles. The van der Waals surface area contributed by atoms with Gasteiger partial charge < -0.3 is 16.0 Å². The zero-order valence-electron chi connectivity index (χ0n) is 26.0. The Bertz CT molecular complexity index is 1410. The maximum absolute atomic E-state index is 15.0. The summed E-state index contributed by atoms with van der Waals surface area (Å²) < 4.78 is 15.0. The Kier molecular flexibility index (Phi) is 15.8. The highest BCUT2D eigenvalue weighted by Crippen LogP contribution is 2.31. The number of benzene rings is 1. The van der Waals surface area contributed by atoms with Crippen molar-refractivity contribution in [2.75, 3.05) is 5.73 Å². The van der Waals surface area contributed by atoms with Gasteiger partial charge in [0.05, 0.1) is 11.4 Å². The normalized spacial score (nSPS) is 12.9. The number of nitrogens with zero attached hydrogens (tertiary/aromatic N) is 1. The zero-order valence-corrected chi connectivity index (χ0v) is 26.0. The molecule has 1 aliphatic carbocycles. The van der Waals surface area contributed by atoms with Crippen molar-refractivity contribution in [3.05, 3.63) is 132 Å². The second-order valence-corrected chi connectivity index (χ2v) is 9.36. The molecule has 0 saturated heterocycles. The minimum absolute atomic E-state index is 0.127. The second-order valence-electron chi connectivity index (χ2n) is 9.36. The van der Waals surface area contributed by atoms with E-state index >= 15 is 4.39 Å². The molecule has 2 aromatic rings. The van der Waals surface area contributed by atoms with Crippen LogP contribution in [0.2, 0.25) is 0 Å². The van der Waals surface area contributed by atoms with E-state index in [1.54, 1.807) is 12.2 Å². The third-order valence-corrected chi connectivity index (χ3v) is 6.46. The Labute approximate surface area is 253 Å². The number of hydrogen-bond acceptors (Lipinski definition) is 3. The van der Waals surface area contributed by atoms with Crippen LogP contribution < -0.4 is 11.1 Å². The molecule has 3 rings (SSSR count). The van der Waals surface area contributed by atoms with Gasteiger partial charge in [-0.05, 0) is 79.7 Å². The van der Waals surface area contributed by atoms with Gasteiger partial charge in [0.2, 0.25) is 0 Å². The summed E-state index contributed by atoms with van der Waals surface area (Å²) in [6, 6.07) is 3.40. The van der Waals surface area contributed by atoms with E-state index in [-0.39, 0.29) is 5.69 Å². The number of unbranched alkanes of at least 4 members (excludes halogenated alkanes) is 1. The minimum atomic E-state index is -0.456. The summed E-state index contributed by atoms with van der Waals surface area (Å²) in [6.45, 7) is 22.0. The first-order valence-electron chi connectivity index (χ1n) is 14.4. The van der Waals surface area contributed by atoms with E-state index in [2.05, 4.69) is 68.0 Å². The largest absolute Gasteiger partial charge is 0.396 e. The van der Waals surface area contributed by atoms with Crippen LogP contribution in [-0.4, -0.2) is 9.97 Å². The highest BCUT2D eigenvalue weighted by molar-refractivity contribution is 5.83. The predicted octanol–water partition coefficient (Wildman–Crippen LogP) is 9.53. The summed E-state index contributed by atoms with van der Waals surface area (Å²) in [4.78, 5) is 8.24. The van der Waals surface area contributed by atoms with Crippen LogP contribution in [0.1, 0.15) is 81.7 Å². The zero-order chi connectivity index (χ0) is 31.7. The molecular formula is C37H47FN4. The minimum Gasteiger partial charge on any atom is -0.396 e. The molecule has 4 N–H and O–H groups in total. The monoisotopic (exact) mass is 566 g/mol.